The molecule has 0 fully saturated rings. The van der Waals surface area contributed by atoms with Gasteiger partial charge in [-0.3, -0.25) is 0 Å². The first kappa shape index (κ1) is 12.6. The predicted molar refractivity (Wildman–Crippen MR) is 76.0 cm³/mol. The molecule has 0 aromatic heterocycles. The Bertz CT molecular complexity index is 267. The van der Waals surface area contributed by atoms with Gasteiger partial charge in [-0.2, -0.15) is 0 Å². The second kappa shape index (κ2) is 5.54. The molecule has 0 unspecified atom stereocenters. The van der Waals surface area contributed by atoms with E-state index in [-0.39, 0.29) is 0 Å². The minimum absolute atomic E-state index is 1.35. The molecule has 1 aromatic rings. The van der Waals surface area contributed by atoms with Crippen LogP contribution in [-0.4, -0.2) is 13.3 Å². The summed E-state index contributed by atoms with van der Waals surface area (Å²) in [6, 6.07) is 9.27. The summed E-state index contributed by atoms with van der Waals surface area (Å²) in [5.41, 5.74) is 0. The maximum absolute atomic E-state index is 2.38. The topological polar surface area (TPSA) is 0 Å². The average Bonchev–Trinajstić information content (AvgIpc) is 2.24. The minimum atomic E-state index is -1.65. The normalized spacial score (nSPS) is 11.7. The Morgan fingerprint density at radius 3 is 1.71 bits per heavy atom. The zero-order valence-corrected chi connectivity index (χ0v) is 13.6. The number of hydrogen-bond donors (Lipinski definition) is 0. The summed E-state index contributed by atoms with van der Waals surface area (Å²) in [4.78, 5) is 0. The molecule has 0 aliphatic rings. The first-order chi connectivity index (χ1) is 6.68. The van der Waals surface area contributed by atoms with E-state index in [9.17, 15) is 0 Å². The summed E-state index contributed by atoms with van der Waals surface area (Å²) in [5, 5.41) is 4.27. The quantitative estimate of drug-likeness (QED) is 0.561. The molecule has 2 heteroatoms. The SMILES string of the molecule is C[CH2][Ge]([CH2]C)([CH2]C)[c]1ccc(I)cc1. The van der Waals surface area contributed by atoms with E-state index in [0.29, 0.717) is 0 Å². The molecule has 0 aliphatic carbocycles. The molecule has 14 heavy (non-hydrogen) atoms. The summed E-state index contributed by atoms with van der Waals surface area (Å²) in [5.74, 6) is 0. The molecule has 0 spiro atoms. The van der Waals surface area contributed by atoms with Crippen LogP contribution >= 0.6 is 22.6 Å². The predicted octanol–water partition coefficient (Wildman–Crippen LogP) is 4.01. The van der Waals surface area contributed by atoms with Gasteiger partial charge in [-0.05, 0) is 0 Å². The van der Waals surface area contributed by atoms with Crippen molar-refractivity contribution in [3.8, 4) is 0 Å². The number of rotatable bonds is 4. The van der Waals surface area contributed by atoms with Crippen LogP contribution < -0.4 is 4.40 Å². The molecule has 1 aromatic carbocycles. The summed E-state index contributed by atoms with van der Waals surface area (Å²) >= 11 is 0.728. The molecule has 1 rings (SSSR count). The van der Waals surface area contributed by atoms with Gasteiger partial charge in [0.1, 0.15) is 0 Å². The zero-order valence-electron chi connectivity index (χ0n) is 9.31. The van der Waals surface area contributed by atoms with E-state index in [1.165, 1.54) is 19.3 Å². The van der Waals surface area contributed by atoms with Gasteiger partial charge in [0.2, 0.25) is 0 Å². The van der Waals surface area contributed by atoms with Crippen LogP contribution in [0.5, 0.6) is 0 Å². The van der Waals surface area contributed by atoms with Crippen molar-refractivity contribution < 1.29 is 0 Å². The van der Waals surface area contributed by atoms with Crippen LogP contribution in [0.4, 0.5) is 0 Å². The molecular formula is C12H19GeI. The van der Waals surface area contributed by atoms with Gasteiger partial charge in [-0.15, -0.1) is 0 Å². The summed E-state index contributed by atoms with van der Waals surface area (Å²) < 4.78 is 3.05. The van der Waals surface area contributed by atoms with Crippen molar-refractivity contribution in [1.29, 1.82) is 0 Å². The molecule has 0 heterocycles. The monoisotopic (exact) mass is 364 g/mol. The number of halogens is 1. The van der Waals surface area contributed by atoms with Crippen LogP contribution in [0.2, 0.25) is 15.8 Å². The first-order valence-electron chi connectivity index (χ1n) is 5.44. The molecule has 0 aliphatic heterocycles. The van der Waals surface area contributed by atoms with Crippen LogP contribution in [0.15, 0.2) is 24.3 Å². The summed E-state index contributed by atoms with van der Waals surface area (Å²) in [7, 11) is 0. The Hall–Kier alpha value is 0.493. The molecule has 0 saturated carbocycles. The fourth-order valence-electron chi connectivity index (χ4n) is 2.17. The van der Waals surface area contributed by atoms with E-state index in [2.05, 4.69) is 67.6 Å². The summed E-state index contributed by atoms with van der Waals surface area (Å²) in [6.45, 7) is 7.14. The van der Waals surface area contributed by atoms with Crippen LogP contribution in [0.3, 0.4) is 0 Å². The van der Waals surface area contributed by atoms with Gasteiger partial charge >= 0.3 is 105 Å². The van der Waals surface area contributed by atoms with Crippen molar-refractivity contribution in [3.63, 3.8) is 0 Å². The molecule has 0 amide bonds. The van der Waals surface area contributed by atoms with Gasteiger partial charge in [0.05, 0.1) is 0 Å². The number of benzene rings is 1. The van der Waals surface area contributed by atoms with Crippen LogP contribution in [0, 0.1) is 3.57 Å². The zero-order chi connectivity index (χ0) is 10.6. The first-order valence-corrected chi connectivity index (χ1v) is 12.0. The third-order valence-corrected chi connectivity index (χ3v) is 16.0. The third kappa shape index (κ3) is 2.54. The molecule has 0 nitrogen and oxygen atoms in total. The van der Waals surface area contributed by atoms with Gasteiger partial charge in [0.25, 0.3) is 0 Å². The fraction of sp³-hybridized carbons (Fsp3) is 0.500. The molecule has 0 radical (unpaired) electrons. The van der Waals surface area contributed by atoms with E-state index < -0.39 is 13.3 Å². The van der Waals surface area contributed by atoms with Crippen molar-refractivity contribution >= 4 is 40.3 Å². The van der Waals surface area contributed by atoms with E-state index >= 15 is 0 Å². The van der Waals surface area contributed by atoms with E-state index in [0.717, 1.165) is 0 Å². The standard InChI is InChI=1S/C12H19GeI/c1-4-13(5-2,6-3)11-7-9-12(14)10-8-11/h7-10H,4-6H2,1-3H3. The van der Waals surface area contributed by atoms with E-state index in [1.54, 1.807) is 4.40 Å². The van der Waals surface area contributed by atoms with E-state index in [1.807, 2.05) is 0 Å². The maximum atomic E-state index is 2.38. The Kier molecular flexibility index (Phi) is 4.97. The van der Waals surface area contributed by atoms with Gasteiger partial charge in [0.15, 0.2) is 0 Å². The molecule has 0 atom stereocenters. The van der Waals surface area contributed by atoms with E-state index in [4.69, 9.17) is 0 Å². The molecule has 0 N–H and O–H groups in total. The van der Waals surface area contributed by atoms with Crippen molar-refractivity contribution in [3.05, 3.63) is 27.8 Å². The van der Waals surface area contributed by atoms with Crippen molar-refractivity contribution in [2.45, 2.75) is 36.5 Å². The Morgan fingerprint density at radius 1 is 0.929 bits per heavy atom. The Labute approximate surface area is 104 Å². The van der Waals surface area contributed by atoms with Crippen molar-refractivity contribution in [2.24, 2.45) is 0 Å². The van der Waals surface area contributed by atoms with Crippen LogP contribution in [-0.2, 0) is 0 Å². The van der Waals surface area contributed by atoms with Gasteiger partial charge in [0, 0.05) is 0 Å². The fourth-order valence-corrected chi connectivity index (χ4v) is 10.1. The number of hydrogen-bond acceptors (Lipinski definition) is 0. The Morgan fingerprint density at radius 2 is 1.36 bits per heavy atom. The van der Waals surface area contributed by atoms with Gasteiger partial charge in [-0.1, -0.05) is 0 Å². The average molecular weight is 363 g/mol. The summed E-state index contributed by atoms with van der Waals surface area (Å²) in [6.07, 6.45) is 0. The molecule has 78 valence electrons. The van der Waals surface area contributed by atoms with Gasteiger partial charge < -0.3 is 0 Å². The molecular weight excluding hydrogens is 344 g/mol. The van der Waals surface area contributed by atoms with Crippen molar-refractivity contribution in [2.75, 3.05) is 0 Å². The molecule has 0 saturated heterocycles. The van der Waals surface area contributed by atoms with Crippen LogP contribution in [0.25, 0.3) is 0 Å². The van der Waals surface area contributed by atoms with Crippen molar-refractivity contribution in [1.82, 2.24) is 0 Å². The second-order valence-electron chi connectivity index (χ2n) is 3.85. The second-order valence-corrected chi connectivity index (χ2v) is 16.1. The molecule has 0 bridgehead atoms. The van der Waals surface area contributed by atoms with Gasteiger partial charge in [-0.25, -0.2) is 0 Å². The van der Waals surface area contributed by atoms with Crippen LogP contribution in [0.1, 0.15) is 20.8 Å². The Balaban J connectivity index is 3.05. The third-order valence-electron chi connectivity index (χ3n) is 3.49.